The van der Waals surface area contributed by atoms with E-state index in [4.69, 9.17) is 27.9 Å². The van der Waals surface area contributed by atoms with Crippen LogP contribution in [0.4, 0.5) is 0 Å². The smallest absolute Gasteiger partial charge is 0.268 e. The highest BCUT2D eigenvalue weighted by Gasteiger charge is 2.32. The zero-order chi connectivity index (χ0) is 26.2. The predicted octanol–water partition coefficient (Wildman–Crippen LogP) is 4.89. The number of hydrogen-bond acceptors (Lipinski definition) is 7. The lowest BCUT2D eigenvalue weighted by Crippen LogP contribution is -2.18. The molecule has 1 atom stereocenters. The highest BCUT2D eigenvalue weighted by atomic mass is 35.5. The summed E-state index contributed by atoms with van der Waals surface area (Å²) in [5, 5.41) is 40.5. The Morgan fingerprint density at radius 3 is 2.22 bits per heavy atom. The summed E-state index contributed by atoms with van der Waals surface area (Å²) < 4.78 is 33.7. The van der Waals surface area contributed by atoms with Crippen LogP contribution in [-0.2, 0) is 10.0 Å². The first-order valence-electron chi connectivity index (χ1n) is 10.1. The third kappa shape index (κ3) is 3.83. The van der Waals surface area contributed by atoms with Gasteiger partial charge in [0.15, 0.2) is 0 Å². The van der Waals surface area contributed by atoms with E-state index in [0.717, 1.165) is 3.97 Å². The van der Waals surface area contributed by atoms with Crippen molar-refractivity contribution in [2.24, 2.45) is 0 Å². The van der Waals surface area contributed by atoms with Gasteiger partial charge in [0.2, 0.25) is 0 Å². The summed E-state index contributed by atoms with van der Waals surface area (Å²) in [5.41, 5.74) is -0.909. The van der Waals surface area contributed by atoms with Crippen LogP contribution in [0.5, 0.6) is 5.75 Å². The Bertz CT molecular complexity index is 1760. The molecule has 4 aromatic rings. The van der Waals surface area contributed by atoms with Crippen molar-refractivity contribution >= 4 is 44.1 Å². The number of benzene rings is 3. The molecule has 4 rings (SSSR count). The van der Waals surface area contributed by atoms with Gasteiger partial charge < -0.3 is 9.84 Å². The zero-order valence-electron chi connectivity index (χ0n) is 18.4. The monoisotopic (exact) mass is 536 g/mol. The summed E-state index contributed by atoms with van der Waals surface area (Å²) in [6.07, 6.45) is -1.70. The number of ether oxygens (including phenoxy) is 1. The molecule has 0 spiro atoms. The fourth-order valence-corrected chi connectivity index (χ4v) is 6.13. The highest BCUT2D eigenvalue weighted by Crippen LogP contribution is 2.42. The second kappa shape index (κ2) is 9.54. The molecule has 8 nitrogen and oxygen atoms in total. The van der Waals surface area contributed by atoms with Gasteiger partial charge in [-0.05, 0) is 36.4 Å². The number of rotatable bonds is 5. The molecule has 1 heterocycles. The Labute approximate surface area is 216 Å². The van der Waals surface area contributed by atoms with Crippen molar-refractivity contribution < 1.29 is 18.3 Å². The maximum atomic E-state index is 13.8. The maximum absolute atomic E-state index is 13.8. The van der Waals surface area contributed by atoms with Crippen LogP contribution in [0.1, 0.15) is 34.1 Å². The van der Waals surface area contributed by atoms with E-state index >= 15 is 0 Å². The minimum Gasteiger partial charge on any atom is -0.495 e. The van der Waals surface area contributed by atoms with Gasteiger partial charge in [-0.15, -0.1) is 0 Å². The number of fused-ring (bicyclic) bond motifs is 1. The molecule has 0 radical (unpaired) electrons. The van der Waals surface area contributed by atoms with Gasteiger partial charge in [-0.2, -0.15) is 15.8 Å². The summed E-state index contributed by atoms with van der Waals surface area (Å²) in [5.74, 6) is 0.194. The van der Waals surface area contributed by atoms with Crippen molar-refractivity contribution in [1.82, 2.24) is 3.97 Å². The van der Waals surface area contributed by atoms with Crippen molar-refractivity contribution in [3.63, 3.8) is 0 Å². The number of aliphatic hydroxyl groups is 1. The number of aromatic nitrogens is 1. The van der Waals surface area contributed by atoms with Crippen LogP contribution in [0.15, 0.2) is 59.5 Å². The van der Waals surface area contributed by atoms with Crippen molar-refractivity contribution in [3.8, 4) is 24.0 Å². The van der Waals surface area contributed by atoms with Gasteiger partial charge in [0.1, 0.15) is 30.1 Å². The van der Waals surface area contributed by atoms with E-state index < -0.39 is 16.1 Å². The van der Waals surface area contributed by atoms with Crippen molar-refractivity contribution in [1.29, 1.82) is 15.8 Å². The summed E-state index contributed by atoms with van der Waals surface area (Å²) in [6.45, 7) is 0. The lowest BCUT2D eigenvalue weighted by atomic mass is 9.99. The molecule has 0 saturated heterocycles. The van der Waals surface area contributed by atoms with Crippen LogP contribution in [0, 0.1) is 34.0 Å². The van der Waals surface area contributed by atoms with Crippen LogP contribution >= 0.6 is 23.2 Å². The topological polar surface area (TPSA) is 140 Å². The molecule has 3 aromatic carbocycles. The van der Waals surface area contributed by atoms with Gasteiger partial charge in [-0.25, -0.2) is 12.4 Å². The van der Waals surface area contributed by atoms with Crippen LogP contribution in [0.25, 0.3) is 10.9 Å². The quantitative estimate of drug-likeness (QED) is 0.382. The molecular formula is C25H14Cl2N4O4S. The molecule has 0 aliphatic heterocycles. The highest BCUT2D eigenvalue weighted by molar-refractivity contribution is 7.90. The second-order valence-corrected chi connectivity index (χ2v) is 10.0. The average molecular weight is 537 g/mol. The molecule has 36 heavy (non-hydrogen) atoms. The Kier molecular flexibility index (Phi) is 6.65. The number of aliphatic hydroxyl groups excluding tert-OH is 1. The van der Waals surface area contributed by atoms with Crippen molar-refractivity contribution in [3.05, 3.63) is 92.6 Å². The Hall–Kier alpha value is -4.04. The molecule has 0 aliphatic rings. The van der Waals surface area contributed by atoms with Gasteiger partial charge in [-0.1, -0.05) is 41.4 Å². The van der Waals surface area contributed by atoms with E-state index in [1.165, 1.54) is 55.6 Å². The summed E-state index contributed by atoms with van der Waals surface area (Å²) in [7, 11) is -3.01. The zero-order valence-corrected chi connectivity index (χ0v) is 20.7. The van der Waals surface area contributed by atoms with E-state index in [1.54, 1.807) is 6.07 Å². The first-order valence-corrected chi connectivity index (χ1v) is 12.3. The molecule has 11 heteroatoms. The fourth-order valence-electron chi connectivity index (χ4n) is 3.93. The van der Waals surface area contributed by atoms with E-state index in [9.17, 15) is 29.3 Å². The molecule has 0 fully saturated rings. The molecule has 0 saturated carbocycles. The van der Waals surface area contributed by atoms with Crippen LogP contribution < -0.4 is 4.74 Å². The number of nitrogens with zero attached hydrogens (tertiary/aromatic N) is 4. The van der Waals surface area contributed by atoms with Crippen molar-refractivity contribution in [2.75, 3.05) is 7.11 Å². The van der Waals surface area contributed by atoms with Crippen molar-refractivity contribution in [2.45, 2.75) is 11.0 Å². The summed E-state index contributed by atoms with van der Waals surface area (Å²) in [6, 6.07) is 18.4. The minimum absolute atomic E-state index is 0.0236. The molecule has 1 unspecified atom stereocenters. The number of halogens is 2. The first kappa shape index (κ1) is 25.1. The summed E-state index contributed by atoms with van der Waals surface area (Å²) in [4.78, 5) is -0.111. The van der Waals surface area contributed by atoms with E-state index in [2.05, 4.69) is 0 Å². The van der Waals surface area contributed by atoms with Crippen LogP contribution in [-0.4, -0.2) is 24.6 Å². The SMILES string of the molecule is COc1ccc(Cl)c(C(O)c2cc3c(C#N)c(C#N)c(C#N)cc3n2S(=O)(=O)c2ccccc2)c1Cl. The standard InChI is InChI=1S/C25H14Cl2N4O4S/c1-35-22-8-7-19(26)23(24(22)27)25(32)21-10-16-18(13-30)17(12-29)14(11-28)9-20(16)31(21)36(33,34)15-5-3-2-4-6-15/h2-10,25,32H,1H3. The molecule has 0 bridgehead atoms. The lowest BCUT2D eigenvalue weighted by Gasteiger charge is -2.19. The lowest BCUT2D eigenvalue weighted by molar-refractivity contribution is 0.214. The Morgan fingerprint density at radius 2 is 1.64 bits per heavy atom. The van der Waals surface area contributed by atoms with Gasteiger partial charge in [0, 0.05) is 16.0 Å². The third-order valence-electron chi connectivity index (χ3n) is 5.58. The second-order valence-electron chi connectivity index (χ2n) is 7.47. The largest absolute Gasteiger partial charge is 0.495 e. The normalized spacial score (nSPS) is 11.9. The Morgan fingerprint density at radius 1 is 0.972 bits per heavy atom. The van der Waals surface area contributed by atoms with Gasteiger partial charge in [0.25, 0.3) is 10.0 Å². The summed E-state index contributed by atoms with van der Waals surface area (Å²) >= 11 is 12.8. The molecule has 0 amide bonds. The van der Waals surface area contributed by atoms with Crippen LogP contribution in [0.2, 0.25) is 10.0 Å². The maximum Gasteiger partial charge on any atom is 0.268 e. The van der Waals surface area contributed by atoms with E-state index in [0.29, 0.717) is 0 Å². The number of methoxy groups -OCH3 is 1. The first-order chi connectivity index (χ1) is 17.2. The fraction of sp³-hybridized carbons (Fsp3) is 0.0800. The van der Waals surface area contributed by atoms with Gasteiger partial charge >= 0.3 is 0 Å². The predicted molar refractivity (Wildman–Crippen MR) is 132 cm³/mol. The minimum atomic E-state index is -4.38. The molecule has 0 aliphatic carbocycles. The average Bonchev–Trinajstić information content (AvgIpc) is 3.28. The molecular weight excluding hydrogens is 523 g/mol. The van der Waals surface area contributed by atoms with Gasteiger partial charge in [0.05, 0.1) is 44.9 Å². The Balaban J connectivity index is 2.18. The molecule has 1 N–H and O–H groups in total. The van der Waals surface area contributed by atoms with Gasteiger partial charge in [-0.3, -0.25) is 0 Å². The van der Waals surface area contributed by atoms with E-state index in [1.807, 2.05) is 18.2 Å². The number of hydrogen-bond donors (Lipinski definition) is 1. The third-order valence-corrected chi connectivity index (χ3v) is 8.06. The molecule has 1 aromatic heterocycles. The molecule has 178 valence electrons. The number of nitriles is 3. The van der Waals surface area contributed by atoms with E-state index in [-0.39, 0.29) is 59.5 Å². The van der Waals surface area contributed by atoms with Crippen LogP contribution in [0.3, 0.4) is 0 Å².